The quantitative estimate of drug-likeness (QED) is 0.691. The molecule has 0 unspecified atom stereocenters. The predicted octanol–water partition coefficient (Wildman–Crippen LogP) is 5.83. The Hall–Kier alpha value is -1.64. The maximum absolute atomic E-state index is 6.49. The van der Waals surface area contributed by atoms with Crippen LogP contribution in [0, 0.1) is 5.92 Å². The van der Waals surface area contributed by atoms with Crippen LogP contribution in [0.5, 0.6) is 5.75 Å². The summed E-state index contributed by atoms with van der Waals surface area (Å²) < 4.78 is 5.55. The first-order valence-corrected chi connectivity index (χ1v) is 8.50. The third-order valence-electron chi connectivity index (χ3n) is 4.89. The molecule has 0 fully saturated rings. The number of fused-ring (bicyclic) bond motifs is 3. The third kappa shape index (κ3) is 2.32. The normalized spacial score (nSPS) is 24.7. The standard InChI is InChI=1S/C19H17Cl2NO/c1-23-16-10-4-7-13-11-5-2-6-12(11)18(22-19(13)16)14-8-3-9-15(20)17(14)21/h2-5,7-12,18,22H,6H2,1H3/t11-,12-,18-/m1/s1. The van der Waals surface area contributed by atoms with Gasteiger partial charge in [0, 0.05) is 5.92 Å². The average molecular weight is 346 g/mol. The Bertz CT molecular complexity index is 787. The molecule has 1 aliphatic heterocycles. The largest absolute Gasteiger partial charge is 0.495 e. The van der Waals surface area contributed by atoms with Gasteiger partial charge >= 0.3 is 0 Å². The van der Waals surface area contributed by atoms with E-state index in [0.29, 0.717) is 21.9 Å². The molecule has 0 radical (unpaired) electrons. The molecule has 0 aromatic heterocycles. The lowest BCUT2D eigenvalue weighted by Gasteiger charge is -2.38. The molecule has 23 heavy (non-hydrogen) atoms. The number of rotatable bonds is 2. The van der Waals surface area contributed by atoms with Gasteiger partial charge in [0.25, 0.3) is 0 Å². The fourth-order valence-electron chi connectivity index (χ4n) is 3.83. The zero-order valence-corrected chi connectivity index (χ0v) is 14.2. The maximum atomic E-state index is 6.49. The highest BCUT2D eigenvalue weighted by Gasteiger charge is 2.39. The number of ether oxygens (including phenoxy) is 1. The second kappa shape index (κ2) is 5.77. The smallest absolute Gasteiger partial charge is 0.142 e. The highest BCUT2D eigenvalue weighted by molar-refractivity contribution is 6.42. The van der Waals surface area contributed by atoms with E-state index in [4.69, 9.17) is 27.9 Å². The van der Waals surface area contributed by atoms with Gasteiger partial charge in [-0.1, -0.05) is 59.6 Å². The lowest BCUT2D eigenvalue weighted by molar-refractivity contribution is 0.397. The number of anilines is 1. The number of para-hydroxylation sites is 1. The van der Waals surface area contributed by atoms with Gasteiger partial charge < -0.3 is 10.1 Å². The topological polar surface area (TPSA) is 21.3 Å². The average Bonchev–Trinajstić information content (AvgIpc) is 3.06. The fourth-order valence-corrected chi connectivity index (χ4v) is 4.26. The van der Waals surface area contributed by atoms with Crippen molar-refractivity contribution in [2.75, 3.05) is 12.4 Å². The first-order chi connectivity index (χ1) is 11.2. The summed E-state index contributed by atoms with van der Waals surface area (Å²) in [6.07, 6.45) is 5.59. The summed E-state index contributed by atoms with van der Waals surface area (Å²) in [6, 6.07) is 12.2. The molecule has 2 aromatic carbocycles. The van der Waals surface area contributed by atoms with E-state index in [2.05, 4.69) is 35.7 Å². The minimum absolute atomic E-state index is 0.116. The van der Waals surface area contributed by atoms with E-state index in [1.807, 2.05) is 18.2 Å². The molecule has 118 valence electrons. The minimum atomic E-state index is 0.116. The van der Waals surface area contributed by atoms with Crippen molar-refractivity contribution in [2.45, 2.75) is 18.4 Å². The molecular formula is C19H17Cl2NO. The van der Waals surface area contributed by atoms with Gasteiger partial charge in [0.05, 0.1) is 28.9 Å². The molecule has 2 nitrogen and oxygen atoms in total. The Balaban J connectivity index is 1.85. The molecule has 2 aliphatic rings. The van der Waals surface area contributed by atoms with E-state index in [9.17, 15) is 0 Å². The van der Waals surface area contributed by atoms with Crippen molar-refractivity contribution in [1.29, 1.82) is 0 Å². The molecule has 2 aromatic rings. The summed E-state index contributed by atoms with van der Waals surface area (Å²) in [5.74, 6) is 1.68. The number of hydrogen-bond donors (Lipinski definition) is 1. The summed E-state index contributed by atoms with van der Waals surface area (Å²) in [7, 11) is 1.70. The van der Waals surface area contributed by atoms with Crippen LogP contribution in [-0.2, 0) is 0 Å². The fraction of sp³-hybridized carbons (Fsp3) is 0.263. The van der Waals surface area contributed by atoms with E-state index in [0.717, 1.165) is 23.4 Å². The van der Waals surface area contributed by atoms with Gasteiger partial charge in [-0.25, -0.2) is 0 Å². The molecule has 0 bridgehead atoms. The Morgan fingerprint density at radius 2 is 1.87 bits per heavy atom. The first-order valence-electron chi connectivity index (χ1n) is 7.74. The van der Waals surface area contributed by atoms with Crippen LogP contribution in [0.3, 0.4) is 0 Å². The van der Waals surface area contributed by atoms with Crippen LogP contribution in [-0.4, -0.2) is 7.11 Å². The summed E-state index contributed by atoms with van der Waals surface area (Å²) in [5.41, 5.74) is 3.40. The summed E-state index contributed by atoms with van der Waals surface area (Å²) in [5, 5.41) is 4.90. The summed E-state index contributed by atoms with van der Waals surface area (Å²) in [4.78, 5) is 0. The van der Waals surface area contributed by atoms with Crippen LogP contribution in [0.25, 0.3) is 0 Å². The Labute approximate surface area is 146 Å². The van der Waals surface area contributed by atoms with E-state index in [-0.39, 0.29) is 6.04 Å². The second-order valence-electron chi connectivity index (χ2n) is 6.04. The number of halogens is 2. The molecule has 1 aliphatic carbocycles. The van der Waals surface area contributed by atoms with E-state index in [1.54, 1.807) is 7.11 Å². The molecule has 1 N–H and O–H groups in total. The number of benzene rings is 2. The molecule has 0 spiro atoms. The van der Waals surface area contributed by atoms with Crippen molar-refractivity contribution in [3.63, 3.8) is 0 Å². The van der Waals surface area contributed by atoms with Gasteiger partial charge in [-0.2, -0.15) is 0 Å². The van der Waals surface area contributed by atoms with Crippen molar-refractivity contribution < 1.29 is 4.74 Å². The first kappa shape index (κ1) is 14.9. The lowest BCUT2D eigenvalue weighted by atomic mass is 9.77. The summed E-state index contributed by atoms with van der Waals surface area (Å²) >= 11 is 12.7. The van der Waals surface area contributed by atoms with Crippen LogP contribution >= 0.6 is 23.2 Å². The van der Waals surface area contributed by atoms with Crippen molar-refractivity contribution in [2.24, 2.45) is 5.92 Å². The van der Waals surface area contributed by atoms with E-state index in [1.165, 1.54) is 5.56 Å². The van der Waals surface area contributed by atoms with Crippen LogP contribution < -0.4 is 10.1 Å². The highest BCUT2D eigenvalue weighted by atomic mass is 35.5. The molecule has 4 rings (SSSR count). The Morgan fingerprint density at radius 3 is 2.70 bits per heavy atom. The predicted molar refractivity (Wildman–Crippen MR) is 95.8 cm³/mol. The molecule has 0 saturated heterocycles. The number of allylic oxidation sites excluding steroid dienone is 2. The summed E-state index contributed by atoms with van der Waals surface area (Å²) in [6.45, 7) is 0. The molecule has 0 saturated carbocycles. The molecule has 4 heteroatoms. The SMILES string of the molecule is COc1cccc2c1N[C@@H](c1cccc(Cl)c1Cl)[C@@H]1CC=C[C@@H]21. The van der Waals surface area contributed by atoms with Gasteiger partial charge in [0.1, 0.15) is 5.75 Å². The van der Waals surface area contributed by atoms with Gasteiger partial charge in [-0.3, -0.25) is 0 Å². The van der Waals surface area contributed by atoms with Crippen LogP contribution in [0.15, 0.2) is 48.6 Å². The number of hydrogen-bond acceptors (Lipinski definition) is 2. The van der Waals surface area contributed by atoms with Crippen LogP contribution in [0.4, 0.5) is 5.69 Å². The monoisotopic (exact) mass is 345 g/mol. The zero-order valence-electron chi connectivity index (χ0n) is 12.7. The van der Waals surface area contributed by atoms with Crippen molar-refractivity contribution in [3.05, 3.63) is 69.7 Å². The van der Waals surface area contributed by atoms with E-state index < -0.39 is 0 Å². The van der Waals surface area contributed by atoms with Gasteiger partial charge in [-0.05, 0) is 35.6 Å². The van der Waals surface area contributed by atoms with Gasteiger partial charge in [0.15, 0.2) is 0 Å². The third-order valence-corrected chi connectivity index (χ3v) is 5.73. The molecule has 0 amide bonds. The highest BCUT2D eigenvalue weighted by Crippen LogP contribution is 2.53. The second-order valence-corrected chi connectivity index (χ2v) is 6.83. The van der Waals surface area contributed by atoms with Crippen molar-refractivity contribution in [1.82, 2.24) is 0 Å². The molecule has 3 atom stereocenters. The molecular weight excluding hydrogens is 329 g/mol. The Morgan fingerprint density at radius 1 is 1.09 bits per heavy atom. The van der Waals surface area contributed by atoms with Crippen molar-refractivity contribution in [3.8, 4) is 5.75 Å². The zero-order chi connectivity index (χ0) is 16.0. The van der Waals surface area contributed by atoms with Crippen LogP contribution in [0.1, 0.15) is 29.5 Å². The maximum Gasteiger partial charge on any atom is 0.142 e. The Kier molecular flexibility index (Phi) is 3.74. The lowest BCUT2D eigenvalue weighted by Crippen LogP contribution is -2.29. The van der Waals surface area contributed by atoms with Crippen LogP contribution in [0.2, 0.25) is 10.0 Å². The minimum Gasteiger partial charge on any atom is -0.495 e. The number of nitrogens with one attached hydrogen (secondary N) is 1. The van der Waals surface area contributed by atoms with Gasteiger partial charge in [0.2, 0.25) is 0 Å². The van der Waals surface area contributed by atoms with Crippen molar-refractivity contribution >= 4 is 28.9 Å². The number of methoxy groups -OCH3 is 1. The van der Waals surface area contributed by atoms with Gasteiger partial charge in [-0.15, -0.1) is 0 Å². The van der Waals surface area contributed by atoms with E-state index >= 15 is 0 Å². The molecule has 1 heterocycles.